The van der Waals surface area contributed by atoms with Crippen LogP contribution in [0, 0.1) is 6.92 Å². The number of sulfone groups is 1. The third-order valence-corrected chi connectivity index (χ3v) is 4.42. The van der Waals surface area contributed by atoms with E-state index in [2.05, 4.69) is 5.32 Å². The number of carbonyl (C=O) groups is 1. The second-order valence-corrected chi connectivity index (χ2v) is 6.69. The molecule has 3 N–H and O–H groups in total. The van der Waals surface area contributed by atoms with Crippen molar-refractivity contribution in [3.63, 3.8) is 0 Å². The summed E-state index contributed by atoms with van der Waals surface area (Å²) in [5.74, 6) is -1.16. The van der Waals surface area contributed by atoms with Gasteiger partial charge in [-0.05, 0) is 31.0 Å². The van der Waals surface area contributed by atoms with Crippen molar-refractivity contribution in [3.05, 3.63) is 23.8 Å². The number of rotatable bonds is 7. The lowest BCUT2D eigenvalue weighted by molar-refractivity contribution is -0.113. The molecule has 0 bridgehead atoms. The third kappa shape index (κ3) is 5.18. The monoisotopic (exact) mass is 300 g/mol. The quantitative estimate of drug-likeness (QED) is 0.577. The minimum absolute atomic E-state index is 0.0653. The maximum absolute atomic E-state index is 11.8. The van der Waals surface area contributed by atoms with Gasteiger partial charge in [0.2, 0.25) is 5.91 Å². The van der Waals surface area contributed by atoms with E-state index < -0.39 is 21.5 Å². The lowest BCUT2D eigenvalue weighted by Crippen LogP contribution is -2.25. The number of nitrogens with one attached hydrogen (secondary N) is 1. The summed E-state index contributed by atoms with van der Waals surface area (Å²) < 4.78 is 28.2. The van der Waals surface area contributed by atoms with Crippen LogP contribution in [0.1, 0.15) is 12.0 Å². The van der Waals surface area contributed by atoms with Crippen molar-refractivity contribution in [2.75, 3.05) is 36.3 Å². The lowest BCUT2D eigenvalue weighted by atomic mass is 10.1. The summed E-state index contributed by atoms with van der Waals surface area (Å²) >= 11 is 0. The number of amides is 1. The molecule has 0 saturated carbocycles. The van der Waals surface area contributed by atoms with Crippen LogP contribution in [-0.2, 0) is 19.4 Å². The SMILES string of the molecule is COCCCS(=O)(=O)CC(=O)Nc1cccc(N)c1C. The van der Waals surface area contributed by atoms with Crippen LogP contribution in [0.3, 0.4) is 0 Å². The Labute approximate surface area is 119 Å². The minimum Gasteiger partial charge on any atom is -0.398 e. The molecule has 0 aromatic heterocycles. The molecular formula is C13H20N2O4S. The van der Waals surface area contributed by atoms with E-state index in [1.54, 1.807) is 25.1 Å². The largest absolute Gasteiger partial charge is 0.398 e. The molecule has 0 aliphatic rings. The molecule has 20 heavy (non-hydrogen) atoms. The smallest absolute Gasteiger partial charge is 0.239 e. The Morgan fingerprint density at radius 3 is 2.75 bits per heavy atom. The van der Waals surface area contributed by atoms with Gasteiger partial charge >= 0.3 is 0 Å². The highest BCUT2D eigenvalue weighted by Gasteiger charge is 2.17. The van der Waals surface area contributed by atoms with Crippen LogP contribution in [0.4, 0.5) is 11.4 Å². The molecule has 0 radical (unpaired) electrons. The summed E-state index contributed by atoms with van der Waals surface area (Å²) in [5, 5.41) is 2.57. The third-order valence-electron chi connectivity index (χ3n) is 2.80. The number of ether oxygens (including phenoxy) is 1. The normalized spacial score (nSPS) is 11.3. The zero-order chi connectivity index (χ0) is 15.2. The first kappa shape index (κ1) is 16.5. The Hall–Kier alpha value is -1.60. The van der Waals surface area contributed by atoms with Gasteiger partial charge in [0.05, 0.1) is 5.75 Å². The Morgan fingerprint density at radius 2 is 2.10 bits per heavy atom. The molecule has 0 heterocycles. The van der Waals surface area contributed by atoms with Crippen LogP contribution in [0.2, 0.25) is 0 Å². The highest BCUT2D eigenvalue weighted by molar-refractivity contribution is 7.92. The van der Waals surface area contributed by atoms with Gasteiger partial charge in [0, 0.05) is 25.1 Å². The van der Waals surface area contributed by atoms with Crippen molar-refractivity contribution in [1.29, 1.82) is 0 Å². The van der Waals surface area contributed by atoms with Crippen molar-refractivity contribution in [3.8, 4) is 0 Å². The predicted molar refractivity (Wildman–Crippen MR) is 79.4 cm³/mol. The van der Waals surface area contributed by atoms with Crippen LogP contribution in [0.5, 0.6) is 0 Å². The number of nitrogen functional groups attached to an aromatic ring is 1. The lowest BCUT2D eigenvalue weighted by Gasteiger charge is -2.10. The number of hydrogen-bond acceptors (Lipinski definition) is 5. The van der Waals surface area contributed by atoms with E-state index in [-0.39, 0.29) is 5.75 Å². The molecule has 1 rings (SSSR count). The van der Waals surface area contributed by atoms with Gasteiger partial charge in [-0.2, -0.15) is 0 Å². The van der Waals surface area contributed by atoms with Crippen molar-refractivity contribution >= 4 is 27.1 Å². The number of nitrogens with two attached hydrogens (primary N) is 1. The Balaban J connectivity index is 2.61. The van der Waals surface area contributed by atoms with Crippen LogP contribution in [0.15, 0.2) is 18.2 Å². The number of carbonyl (C=O) groups excluding carboxylic acids is 1. The number of hydrogen-bond donors (Lipinski definition) is 2. The maximum Gasteiger partial charge on any atom is 0.239 e. The first-order chi connectivity index (χ1) is 9.35. The molecule has 0 fully saturated rings. The fraction of sp³-hybridized carbons (Fsp3) is 0.462. The molecule has 1 amide bonds. The van der Waals surface area contributed by atoms with Crippen LogP contribution in [0.25, 0.3) is 0 Å². The van der Waals surface area contributed by atoms with Gasteiger partial charge < -0.3 is 15.8 Å². The van der Waals surface area contributed by atoms with E-state index in [0.717, 1.165) is 5.56 Å². The molecule has 0 unspecified atom stereocenters. The summed E-state index contributed by atoms with van der Waals surface area (Å²) in [7, 11) is -1.92. The molecule has 7 heteroatoms. The van der Waals surface area contributed by atoms with E-state index in [9.17, 15) is 13.2 Å². The van der Waals surface area contributed by atoms with Gasteiger partial charge in [-0.25, -0.2) is 8.42 Å². The van der Waals surface area contributed by atoms with Crippen LogP contribution >= 0.6 is 0 Å². The Bertz CT molecular complexity index is 570. The predicted octanol–water partition coefficient (Wildman–Crippen LogP) is 0.967. The van der Waals surface area contributed by atoms with Gasteiger partial charge in [0.15, 0.2) is 9.84 Å². The van der Waals surface area contributed by atoms with Crippen LogP contribution in [-0.4, -0.2) is 39.5 Å². The fourth-order valence-electron chi connectivity index (χ4n) is 1.67. The average molecular weight is 300 g/mol. The minimum atomic E-state index is -3.42. The Morgan fingerprint density at radius 1 is 1.40 bits per heavy atom. The van der Waals surface area contributed by atoms with Crippen molar-refractivity contribution in [2.45, 2.75) is 13.3 Å². The first-order valence-corrected chi connectivity index (χ1v) is 8.02. The maximum atomic E-state index is 11.8. The number of anilines is 2. The van der Waals surface area contributed by atoms with Gasteiger partial charge in [0.1, 0.15) is 5.75 Å². The molecule has 6 nitrogen and oxygen atoms in total. The zero-order valence-electron chi connectivity index (χ0n) is 11.7. The van der Waals surface area contributed by atoms with Gasteiger partial charge in [-0.3, -0.25) is 4.79 Å². The summed E-state index contributed by atoms with van der Waals surface area (Å²) in [6, 6.07) is 5.10. The number of benzene rings is 1. The van der Waals surface area contributed by atoms with Crippen molar-refractivity contribution in [1.82, 2.24) is 0 Å². The van der Waals surface area contributed by atoms with Gasteiger partial charge in [-0.1, -0.05) is 6.07 Å². The molecule has 0 aliphatic carbocycles. The summed E-state index contributed by atoms with van der Waals surface area (Å²) in [4.78, 5) is 11.8. The second-order valence-electron chi connectivity index (χ2n) is 4.51. The molecule has 1 aromatic rings. The second kappa shape index (κ2) is 7.25. The fourth-order valence-corrected chi connectivity index (χ4v) is 2.84. The van der Waals surface area contributed by atoms with Gasteiger partial charge in [-0.15, -0.1) is 0 Å². The Kier molecular flexibility index (Phi) is 5.97. The molecule has 0 spiro atoms. The van der Waals surface area contributed by atoms with Gasteiger partial charge in [0.25, 0.3) is 0 Å². The van der Waals surface area contributed by atoms with Crippen molar-refractivity contribution < 1.29 is 17.9 Å². The van der Waals surface area contributed by atoms with E-state index in [1.165, 1.54) is 7.11 Å². The molecule has 0 aliphatic heterocycles. The molecular weight excluding hydrogens is 280 g/mol. The zero-order valence-corrected chi connectivity index (χ0v) is 12.5. The molecule has 0 saturated heterocycles. The summed E-state index contributed by atoms with van der Waals surface area (Å²) in [5.41, 5.74) is 7.52. The van der Waals surface area contributed by atoms with E-state index in [0.29, 0.717) is 24.4 Å². The van der Waals surface area contributed by atoms with E-state index in [4.69, 9.17) is 10.5 Å². The first-order valence-electron chi connectivity index (χ1n) is 6.20. The molecule has 112 valence electrons. The van der Waals surface area contributed by atoms with Crippen molar-refractivity contribution in [2.24, 2.45) is 0 Å². The highest BCUT2D eigenvalue weighted by Crippen LogP contribution is 2.20. The summed E-state index contributed by atoms with van der Waals surface area (Å²) in [6.45, 7) is 2.12. The number of methoxy groups -OCH3 is 1. The highest BCUT2D eigenvalue weighted by atomic mass is 32.2. The molecule has 0 atom stereocenters. The molecule has 1 aromatic carbocycles. The van der Waals surface area contributed by atoms with E-state index in [1.807, 2.05) is 0 Å². The van der Waals surface area contributed by atoms with Crippen LogP contribution < -0.4 is 11.1 Å². The average Bonchev–Trinajstić information content (AvgIpc) is 2.34. The standard InChI is InChI=1S/C13H20N2O4S/c1-10-11(14)5-3-6-12(10)15-13(16)9-20(17,18)8-4-7-19-2/h3,5-6H,4,7-9,14H2,1-2H3,(H,15,16). The summed E-state index contributed by atoms with van der Waals surface area (Å²) in [6.07, 6.45) is 0.378. The van der Waals surface area contributed by atoms with E-state index >= 15 is 0 Å². The topological polar surface area (TPSA) is 98.5 Å².